The molecule has 3 nitrogen and oxygen atoms in total. The number of halogens is 1. The van der Waals surface area contributed by atoms with Crippen LogP contribution in [0.2, 0.25) is 0 Å². The van der Waals surface area contributed by atoms with E-state index in [0.717, 1.165) is 26.2 Å². The number of allylic oxidation sites excluding steroid dienone is 1. The molecule has 0 aromatic carbocycles. The molecular formula is C17H27IO3S. The van der Waals surface area contributed by atoms with Crippen LogP contribution in [0.3, 0.4) is 0 Å². The molecule has 4 atom stereocenters. The molecule has 0 aromatic rings. The zero-order valence-corrected chi connectivity index (χ0v) is 16.6. The summed E-state index contributed by atoms with van der Waals surface area (Å²) < 4.78 is 17.9. The first-order valence-corrected chi connectivity index (χ1v) is 11.7. The molecule has 1 saturated heterocycles. The van der Waals surface area contributed by atoms with Crippen LogP contribution in [-0.2, 0) is 13.7 Å². The van der Waals surface area contributed by atoms with Gasteiger partial charge in [-0.05, 0) is 49.9 Å². The number of rotatable bonds is 4. The highest BCUT2D eigenvalue weighted by Gasteiger charge is 2.61. The first-order valence-electron chi connectivity index (χ1n) is 8.37. The van der Waals surface area contributed by atoms with Crippen LogP contribution in [0.1, 0.15) is 46.0 Å². The third-order valence-electron chi connectivity index (χ3n) is 6.55. The first kappa shape index (κ1) is 17.5. The van der Waals surface area contributed by atoms with Crippen LogP contribution in [0.4, 0.5) is 0 Å². The third-order valence-corrected chi connectivity index (χ3v) is 7.54. The molecule has 2 aliphatic carbocycles. The zero-order chi connectivity index (χ0) is 15.8. The van der Waals surface area contributed by atoms with Crippen molar-refractivity contribution >= 4 is 30.4 Å². The summed E-state index contributed by atoms with van der Waals surface area (Å²) >= 11 is 2.22. The van der Waals surface area contributed by atoms with Crippen molar-refractivity contribution in [3.63, 3.8) is 0 Å². The largest absolute Gasteiger partial charge is 0.347 e. The number of hydrogen-bond acceptors (Lipinski definition) is 4. The van der Waals surface area contributed by atoms with Gasteiger partial charge in [0.1, 0.15) is 0 Å². The van der Waals surface area contributed by atoms with E-state index in [1.807, 2.05) is 0 Å². The molecule has 1 aliphatic heterocycles. The summed E-state index contributed by atoms with van der Waals surface area (Å²) in [4.78, 5) is 0. The Morgan fingerprint density at radius 1 is 1.32 bits per heavy atom. The van der Waals surface area contributed by atoms with Gasteiger partial charge in [0.25, 0.3) is 0 Å². The van der Waals surface area contributed by atoms with Crippen molar-refractivity contribution in [1.82, 2.24) is 0 Å². The van der Waals surface area contributed by atoms with E-state index in [1.165, 1.54) is 40.5 Å². The quantitative estimate of drug-likeness (QED) is 0.345. The van der Waals surface area contributed by atoms with Crippen molar-refractivity contribution in [2.75, 3.05) is 19.8 Å². The Bertz CT molecular complexity index is 424. The van der Waals surface area contributed by atoms with Gasteiger partial charge in [0, 0.05) is 33.5 Å². The molecule has 0 aromatic heterocycles. The monoisotopic (exact) mass is 438 g/mol. The summed E-state index contributed by atoms with van der Waals surface area (Å²) in [6, 6.07) is 0. The minimum absolute atomic E-state index is 0.276. The molecule has 22 heavy (non-hydrogen) atoms. The molecule has 3 fully saturated rings. The Morgan fingerprint density at radius 3 is 2.68 bits per heavy atom. The molecule has 0 unspecified atom stereocenters. The minimum Gasteiger partial charge on any atom is -0.347 e. The normalized spacial score (nSPS) is 40.6. The summed E-state index contributed by atoms with van der Waals surface area (Å²) in [5.74, 6) is 1.35. The van der Waals surface area contributed by atoms with Crippen LogP contribution in [0.15, 0.2) is 12.2 Å². The van der Waals surface area contributed by atoms with Crippen molar-refractivity contribution < 1.29 is 13.7 Å². The van der Waals surface area contributed by atoms with Crippen molar-refractivity contribution in [3.05, 3.63) is 12.2 Å². The highest BCUT2D eigenvalue weighted by atomic mass is 127. The van der Waals surface area contributed by atoms with Crippen molar-refractivity contribution in [2.24, 2.45) is 23.2 Å². The zero-order valence-electron chi connectivity index (χ0n) is 13.6. The number of hydrogen-bond donors (Lipinski definition) is 0. The Labute approximate surface area is 150 Å². The summed E-state index contributed by atoms with van der Waals surface area (Å²) in [5.41, 5.74) is 1.61. The van der Waals surface area contributed by atoms with Gasteiger partial charge in [0.2, 0.25) is 0 Å². The molecule has 5 heteroatoms. The van der Waals surface area contributed by atoms with Gasteiger partial charge >= 0.3 is 0 Å². The Balaban J connectivity index is 1.85. The predicted octanol–water partition coefficient (Wildman–Crippen LogP) is 5.15. The summed E-state index contributed by atoms with van der Waals surface area (Å²) in [6.45, 7) is 11.1. The topological polar surface area (TPSA) is 27.7 Å². The second-order valence-electron chi connectivity index (χ2n) is 7.33. The van der Waals surface area contributed by atoms with E-state index in [1.54, 1.807) is 0 Å². The van der Waals surface area contributed by atoms with Gasteiger partial charge < -0.3 is 13.7 Å². The van der Waals surface area contributed by atoms with Gasteiger partial charge in [-0.3, -0.25) is 0 Å². The number of ether oxygens (including phenoxy) is 2. The standard InChI is InChI=1S/C17H27IO3S/c1-12(2)14-4-5-15(11-21-22-18)16(10-14)6-7-17(13(16)3)19-8-9-20-17/h13-15H,1,4-11H2,2-3H3/t13-,14+,15-,16-/m1/s1. The van der Waals surface area contributed by atoms with E-state index < -0.39 is 0 Å². The SMILES string of the molecule is C=C(C)[C@H]1CC[C@H](COSI)[C@]2(CCC3(OCCO3)[C@@H]2C)C1. The molecule has 126 valence electrons. The fraction of sp³-hybridized carbons (Fsp3) is 0.882. The highest BCUT2D eigenvalue weighted by Crippen LogP contribution is 2.63. The maximum atomic E-state index is 6.10. The van der Waals surface area contributed by atoms with E-state index in [4.69, 9.17) is 13.7 Å². The minimum atomic E-state index is -0.327. The van der Waals surface area contributed by atoms with E-state index >= 15 is 0 Å². The van der Waals surface area contributed by atoms with Crippen LogP contribution in [-0.4, -0.2) is 25.6 Å². The molecule has 3 rings (SSSR count). The average molecular weight is 438 g/mol. The van der Waals surface area contributed by atoms with Crippen LogP contribution >= 0.6 is 30.4 Å². The molecule has 0 N–H and O–H groups in total. The van der Waals surface area contributed by atoms with Crippen LogP contribution < -0.4 is 0 Å². The lowest BCUT2D eigenvalue weighted by Crippen LogP contribution is -2.47. The Morgan fingerprint density at radius 2 is 2.05 bits per heavy atom. The summed E-state index contributed by atoms with van der Waals surface area (Å²) in [7, 11) is 1.46. The molecule has 2 saturated carbocycles. The van der Waals surface area contributed by atoms with Crippen molar-refractivity contribution in [2.45, 2.75) is 51.7 Å². The lowest BCUT2D eigenvalue weighted by Gasteiger charge is -2.49. The molecule has 2 spiro atoms. The molecule has 0 bridgehead atoms. The summed E-state index contributed by atoms with van der Waals surface area (Å²) in [5, 5.41) is 0. The third kappa shape index (κ3) is 2.89. The lowest BCUT2D eigenvalue weighted by atomic mass is 9.57. The van der Waals surface area contributed by atoms with E-state index in [2.05, 4.69) is 41.6 Å². The molecular weight excluding hydrogens is 411 g/mol. The molecule has 1 heterocycles. The van der Waals surface area contributed by atoms with E-state index in [9.17, 15) is 0 Å². The highest BCUT2D eigenvalue weighted by molar-refractivity contribution is 14.2. The van der Waals surface area contributed by atoms with Gasteiger partial charge in [-0.15, -0.1) is 0 Å². The molecule has 0 radical (unpaired) electrons. The van der Waals surface area contributed by atoms with E-state index in [0.29, 0.717) is 17.8 Å². The van der Waals surface area contributed by atoms with Gasteiger partial charge in [-0.1, -0.05) is 19.1 Å². The fourth-order valence-corrected chi connectivity index (χ4v) is 5.83. The lowest BCUT2D eigenvalue weighted by molar-refractivity contribution is -0.198. The maximum absolute atomic E-state index is 6.10. The Hall–Kier alpha value is 0.700. The van der Waals surface area contributed by atoms with Crippen molar-refractivity contribution in [3.8, 4) is 0 Å². The second kappa shape index (κ2) is 6.90. The smallest absolute Gasteiger partial charge is 0.171 e. The van der Waals surface area contributed by atoms with Gasteiger partial charge in [0.15, 0.2) is 5.79 Å². The van der Waals surface area contributed by atoms with Gasteiger partial charge in [0.05, 0.1) is 29.0 Å². The fourth-order valence-electron chi connectivity index (χ4n) is 5.17. The Kier molecular flexibility index (Phi) is 5.50. The molecule has 3 aliphatic rings. The molecule has 0 amide bonds. The predicted molar refractivity (Wildman–Crippen MR) is 98.7 cm³/mol. The van der Waals surface area contributed by atoms with Crippen LogP contribution in [0, 0.1) is 23.2 Å². The van der Waals surface area contributed by atoms with Crippen LogP contribution in [0.25, 0.3) is 0 Å². The second-order valence-corrected chi connectivity index (χ2v) is 8.77. The summed E-state index contributed by atoms with van der Waals surface area (Å²) in [6.07, 6.45) is 5.92. The maximum Gasteiger partial charge on any atom is 0.171 e. The average Bonchev–Trinajstić information content (AvgIpc) is 3.09. The van der Waals surface area contributed by atoms with Crippen LogP contribution in [0.5, 0.6) is 0 Å². The van der Waals surface area contributed by atoms with E-state index in [-0.39, 0.29) is 11.2 Å². The van der Waals surface area contributed by atoms with Crippen molar-refractivity contribution in [1.29, 1.82) is 0 Å². The first-order chi connectivity index (χ1) is 10.5. The van der Waals surface area contributed by atoms with Gasteiger partial charge in [-0.25, -0.2) is 0 Å². The van der Waals surface area contributed by atoms with Gasteiger partial charge in [-0.2, -0.15) is 0 Å².